The van der Waals surface area contributed by atoms with Gasteiger partial charge in [-0.15, -0.1) is 0 Å². The molecule has 0 aliphatic rings. The lowest BCUT2D eigenvalue weighted by molar-refractivity contribution is 0.101. The fraction of sp³-hybridized carbons (Fsp3) is 0. The van der Waals surface area contributed by atoms with Crippen molar-refractivity contribution in [2.45, 2.75) is 0 Å². The summed E-state index contributed by atoms with van der Waals surface area (Å²) in [6, 6.07) is 13.4. The van der Waals surface area contributed by atoms with Gasteiger partial charge in [0.25, 0.3) is 17.4 Å². The first kappa shape index (κ1) is 23.0. The van der Waals surface area contributed by atoms with Crippen LogP contribution in [0.4, 0.5) is 20.2 Å². The number of nitrogens with zero attached hydrogens (tertiary/aromatic N) is 2. The molecule has 0 saturated carbocycles. The van der Waals surface area contributed by atoms with Crippen LogP contribution in [-0.2, 0) is 0 Å². The molecule has 0 fully saturated rings. The minimum atomic E-state index is -0.949. The van der Waals surface area contributed by atoms with Crippen molar-refractivity contribution >= 4 is 39.1 Å². The number of anilines is 2. The maximum absolute atomic E-state index is 14.2. The molecule has 2 N–H and O–H groups in total. The van der Waals surface area contributed by atoms with Crippen molar-refractivity contribution in [1.82, 2.24) is 9.55 Å². The summed E-state index contributed by atoms with van der Waals surface area (Å²) in [4.78, 5) is 41.6. The summed E-state index contributed by atoms with van der Waals surface area (Å²) in [6.45, 7) is 0. The summed E-state index contributed by atoms with van der Waals surface area (Å²) in [6.07, 6.45) is 4.12. The van der Waals surface area contributed by atoms with E-state index in [0.29, 0.717) is 10.2 Å². The second-order valence-electron chi connectivity index (χ2n) is 7.04. The van der Waals surface area contributed by atoms with E-state index in [-0.39, 0.29) is 16.8 Å². The number of hydrogen-bond acceptors (Lipinski definition) is 4. The third-order valence-electron chi connectivity index (χ3n) is 4.75. The van der Waals surface area contributed by atoms with E-state index in [4.69, 9.17) is 0 Å². The van der Waals surface area contributed by atoms with Crippen molar-refractivity contribution in [3.05, 3.63) is 117 Å². The summed E-state index contributed by atoms with van der Waals surface area (Å²) in [5.41, 5.74) is -0.282. The van der Waals surface area contributed by atoms with Gasteiger partial charge >= 0.3 is 0 Å². The smallest absolute Gasteiger partial charge is 0.257 e. The second-order valence-corrected chi connectivity index (χ2v) is 7.90. The predicted molar refractivity (Wildman–Crippen MR) is 126 cm³/mol. The predicted octanol–water partition coefficient (Wildman–Crippen LogP) is 4.78. The highest BCUT2D eigenvalue weighted by atomic mass is 79.9. The van der Waals surface area contributed by atoms with Crippen LogP contribution in [0, 0.1) is 11.6 Å². The molecule has 2 heterocycles. The molecule has 4 aromatic rings. The normalized spacial score (nSPS) is 10.6. The summed E-state index contributed by atoms with van der Waals surface area (Å²) >= 11 is 3.32. The van der Waals surface area contributed by atoms with Gasteiger partial charge in [0.05, 0.1) is 23.1 Å². The number of para-hydroxylation sites is 1. The van der Waals surface area contributed by atoms with Crippen molar-refractivity contribution in [3.8, 4) is 5.69 Å². The summed E-state index contributed by atoms with van der Waals surface area (Å²) in [5.74, 6) is -2.97. The standard InChI is InChI=1S/C24H15BrF2N4O3/c25-17-8-6-14(23(33)29-16-3-2-10-28-12-16)11-20(17)30-24(34)15-7-9-21(32)31(13-15)22-18(26)4-1-5-19(22)27/h1-13H,(H,29,33)(H,30,34). The third-order valence-corrected chi connectivity index (χ3v) is 5.44. The van der Waals surface area contributed by atoms with Gasteiger partial charge in [0.15, 0.2) is 0 Å². The Kier molecular flexibility index (Phi) is 6.60. The average molecular weight is 525 g/mol. The van der Waals surface area contributed by atoms with Crippen molar-refractivity contribution in [2.24, 2.45) is 0 Å². The van der Waals surface area contributed by atoms with Crippen molar-refractivity contribution in [3.63, 3.8) is 0 Å². The van der Waals surface area contributed by atoms with Gasteiger partial charge in [-0.05, 0) is 64.5 Å². The van der Waals surface area contributed by atoms with Crippen molar-refractivity contribution in [1.29, 1.82) is 0 Å². The van der Waals surface area contributed by atoms with Crippen LogP contribution < -0.4 is 16.2 Å². The Morgan fingerprint density at radius 1 is 0.882 bits per heavy atom. The van der Waals surface area contributed by atoms with Crippen LogP contribution >= 0.6 is 15.9 Å². The molecule has 2 amide bonds. The molecule has 0 saturated heterocycles. The number of hydrogen-bond donors (Lipinski definition) is 2. The Balaban J connectivity index is 1.60. The highest BCUT2D eigenvalue weighted by molar-refractivity contribution is 9.10. The lowest BCUT2D eigenvalue weighted by Crippen LogP contribution is -2.22. The highest BCUT2D eigenvalue weighted by Crippen LogP contribution is 2.25. The van der Waals surface area contributed by atoms with Crippen LogP contribution in [0.2, 0.25) is 0 Å². The van der Waals surface area contributed by atoms with Crippen LogP contribution in [0.5, 0.6) is 0 Å². The molecule has 2 aromatic carbocycles. The molecule has 0 aliphatic carbocycles. The number of pyridine rings is 2. The highest BCUT2D eigenvalue weighted by Gasteiger charge is 2.16. The van der Waals surface area contributed by atoms with Crippen molar-refractivity contribution < 1.29 is 18.4 Å². The van der Waals surface area contributed by atoms with Crippen LogP contribution in [0.1, 0.15) is 20.7 Å². The maximum Gasteiger partial charge on any atom is 0.257 e. The quantitative estimate of drug-likeness (QED) is 0.393. The Morgan fingerprint density at radius 2 is 1.59 bits per heavy atom. The lowest BCUT2D eigenvalue weighted by Gasteiger charge is -2.12. The lowest BCUT2D eigenvalue weighted by atomic mass is 10.1. The van der Waals surface area contributed by atoms with E-state index in [1.54, 1.807) is 30.5 Å². The van der Waals surface area contributed by atoms with Gasteiger partial charge in [0.2, 0.25) is 0 Å². The monoisotopic (exact) mass is 524 g/mol. The van der Waals surface area contributed by atoms with E-state index < -0.39 is 34.7 Å². The van der Waals surface area contributed by atoms with Gasteiger partial charge in [-0.1, -0.05) is 6.07 Å². The minimum Gasteiger partial charge on any atom is -0.321 e. The van der Waals surface area contributed by atoms with E-state index in [0.717, 1.165) is 29.0 Å². The molecule has 2 aromatic heterocycles. The van der Waals surface area contributed by atoms with E-state index >= 15 is 0 Å². The molecule has 0 atom stereocenters. The molecule has 0 spiro atoms. The molecule has 0 bridgehead atoms. The number of rotatable bonds is 5. The number of aromatic nitrogens is 2. The third kappa shape index (κ3) is 4.91. The summed E-state index contributed by atoms with van der Waals surface area (Å²) < 4.78 is 29.6. The van der Waals surface area contributed by atoms with Gasteiger partial charge < -0.3 is 10.6 Å². The van der Waals surface area contributed by atoms with E-state index in [1.807, 2.05) is 0 Å². The fourth-order valence-electron chi connectivity index (χ4n) is 3.11. The molecule has 0 unspecified atom stereocenters. The van der Waals surface area contributed by atoms with Gasteiger partial charge in [0.1, 0.15) is 17.3 Å². The molecule has 4 rings (SSSR count). The van der Waals surface area contributed by atoms with Crippen LogP contribution in [0.15, 0.2) is 88.5 Å². The molecule has 34 heavy (non-hydrogen) atoms. The first-order chi connectivity index (χ1) is 16.3. The molecular formula is C24H15BrF2N4O3. The largest absolute Gasteiger partial charge is 0.321 e. The number of halogens is 3. The zero-order chi connectivity index (χ0) is 24.2. The molecule has 0 aliphatic heterocycles. The Hall–Kier alpha value is -4.18. The molecule has 0 radical (unpaired) electrons. The number of amides is 2. The number of carbonyl (C=O) groups is 2. The topological polar surface area (TPSA) is 93.1 Å². The van der Waals surface area contributed by atoms with E-state index in [1.165, 1.54) is 24.4 Å². The van der Waals surface area contributed by atoms with Crippen LogP contribution in [0.25, 0.3) is 5.69 Å². The fourth-order valence-corrected chi connectivity index (χ4v) is 3.46. The Bertz CT molecular complexity index is 1440. The zero-order valence-electron chi connectivity index (χ0n) is 17.3. The molecule has 10 heteroatoms. The van der Waals surface area contributed by atoms with Crippen LogP contribution in [-0.4, -0.2) is 21.4 Å². The van der Waals surface area contributed by atoms with Gasteiger partial charge in [-0.2, -0.15) is 0 Å². The van der Waals surface area contributed by atoms with E-state index in [2.05, 4.69) is 31.5 Å². The second kappa shape index (κ2) is 9.75. The van der Waals surface area contributed by atoms with Gasteiger partial charge in [0, 0.05) is 28.5 Å². The SMILES string of the molecule is O=C(Nc1cccnc1)c1ccc(Br)c(NC(=O)c2ccc(=O)n(-c3c(F)cccc3F)c2)c1. The summed E-state index contributed by atoms with van der Waals surface area (Å²) in [7, 11) is 0. The van der Waals surface area contributed by atoms with Gasteiger partial charge in [-0.3, -0.25) is 23.9 Å². The Morgan fingerprint density at radius 3 is 2.29 bits per heavy atom. The first-order valence-corrected chi connectivity index (χ1v) is 10.6. The number of nitrogens with one attached hydrogen (secondary N) is 2. The zero-order valence-corrected chi connectivity index (χ0v) is 18.8. The number of carbonyl (C=O) groups excluding carboxylic acids is 2. The van der Waals surface area contributed by atoms with E-state index in [9.17, 15) is 23.2 Å². The number of benzene rings is 2. The van der Waals surface area contributed by atoms with Gasteiger partial charge in [-0.25, -0.2) is 8.78 Å². The van der Waals surface area contributed by atoms with Crippen molar-refractivity contribution in [2.75, 3.05) is 10.6 Å². The maximum atomic E-state index is 14.2. The summed E-state index contributed by atoms with van der Waals surface area (Å²) in [5, 5.41) is 5.33. The Labute approximate surface area is 200 Å². The minimum absolute atomic E-state index is 0.0284. The average Bonchev–Trinajstić information content (AvgIpc) is 2.82. The molecular weight excluding hydrogens is 510 g/mol. The molecule has 170 valence electrons. The molecule has 7 nitrogen and oxygen atoms in total. The van der Waals surface area contributed by atoms with Crippen LogP contribution in [0.3, 0.4) is 0 Å². The first-order valence-electron chi connectivity index (χ1n) is 9.83.